The van der Waals surface area contributed by atoms with Crippen LogP contribution < -0.4 is 5.32 Å². The fourth-order valence-electron chi connectivity index (χ4n) is 4.13. The molecule has 0 aliphatic carbocycles. The van der Waals surface area contributed by atoms with Crippen LogP contribution in [0.1, 0.15) is 27.2 Å². The lowest BCUT2D eigenvalue weighted by Gasteiger charge is -2.26. The number of amides is 1. The van der Waals surface area contributed by atoms with Gasteiger partial charge in [-0.1, -0.05) is 18.2 Å². The van der Waals surface area contributed by atoms with Crippen molar-refractivity contribution in [3.8, 4) is 5.69 Å². The van der Waals surface area contributed by atoms with E-state index in [0.29, 0.717) is 54.9 Å². The van der Waals surface area contributed by atoms with Crippen molar-refractivity contribution in [3.63, 3.8) is 0 Å². The van der Waals surface area contributed by atoms with Crippen LogP contribution in [0, 0.1) is 6.92 Å². The highest BCUT2D eigenvalue weighted by molar-refractivity contribution is 7.89. The summed E-state index contributed by atoms with van der Waals surface area (Å²) < 4.78 is 46.1. The predicted octanol–water partition coefficient (Wildman–Crippen LogP) is 2.22. The number of nitrogens with zero attached hydrogens (tertiary/aromatic N) is 3. The molecule has 2 aromatic carbocycles. The number of fused-ring (bicyclic) bond motifs is 1. The molecule has 3 heterocycles. The Kier molecular flexibility index (Phi) is 6.11. The summed E-state index contributed by atoms with van der Waals surface area (Å²) in [5.41, 5.74) is 3.60. The molecule has 1 N–H and O–H groups in total. The van der Waals surface area contributed by atoms with Gasteiger partial charge < -0.3 is 10.1 Å². The molecule has 5 rings (SSSR count). The number of para-hydroxylation sites is 1. The van der Waals surface area contributed by atoms with Gasteiger partial charge in [0.1, 0.15) is 5.82 Å². The summed E-state index contributed by atoms with van der Waals surface area (Å²) in [4.78, 5) is 13.3. The van der Waals surface area contributed by atoms with Crippen molar-refractivity contribution in [2.24, 2.45) is 0 Å². The van der Waals surface area contributed by atoms with Crippen LogP contribution in [0.4, 0.5) is 5.82 Å². The van der Waals surface area contributed by atoms with Crippen molar-refractivity contribution in [2.75, 3.05) is 31.6 Å². The zero-order chi connectivity index (χ0) is 23.9. The lowest BCUT2D eigenvalue weighted by atomic mass is 10.2. The summed E-state index contributed by atoms with van der Waals surface area (Å²) in [5.74, 6) is 0.773. The number of ether oxygens (including phenoxy) is 1. The number of nitrogens with one attached hydrogen (secondary N) is 1. The van der Waals surface area contributed by atoms with Gasteiger partial charge in [0.05, 0.1) is 41.0 Å². The van der Waals surface area contributed by atoms with E-state index in [1.54, 1.807) is 4.68 Å². The van der Waals surface area contributed by atoms with Crippen molar-refractivity contribution < 1.29 is 22.2 Å². The molecule has 1 saturated heterocycles. The molecule has 1 amide bonds. The van der Waals surface area contributed by atoms with Crippen molar-refractivity contribution in [1.82, 2.24) is 14.1 Å². The molecule has 1 atom stereocenters. The summed E-state index contributed by atoms with van der Waals surface area (Å²) >= 11 is 0. The minimum absolute atomic E-state index is 0.132. The molecule has 1 aromatic heterocycles. The molecule has 9 nitrogen and oxygen atoms in total. The van der Waals surface area contributed by atoms with Gasteiger partial charge in [-0.15, -0.1) is 0 Å². The van der Waals surface area contributed by atoms with Crippen LogP contribution in [0.5, 0.6) is 0 Å². The first-order valence-electron chi connectivity index (χ1n) is 10.9. The highest BCUT2D eigenvalue weighted by Crippen LogP contribution is 2.32. The van der Waals surface area contributed by atoms with Gasteiger partial charge in [0.2, 0.25) is 10.0 Å². The molecule has 2 aliphatic rings. The van der Waals surface area contributed by atoms with Gasteiger partial charge in [-0.2, -0.15) is 9.40 Å². The van der Waals surface area contributed by atoms with E-state index >= 15 is 0 Å². The van der Waals surface area contributed by atoms with E-state index in [4.69, 9.17) is 4.74 Å². The largest absolute Gasteiger partial charge is 0.379 e. The molecule has 3 aromatic rings. The van der Waals surface area contributed by atoms with E-state index in [0.717, 1.165) is 16.8 Å². The van der Waals surface area contributed by atoms with Gasteiger partial charge in [-0.05, 0) is 42.8 Å². The average molecular weight is 501 g/mol. The Morgan fingerprint density at radius 1 is 1.06 bits per heavy atom. The molecule has 34 heavy (non-hydrogen) atoms. The van der Waals surface area contributed by atoms with Gasteiger partial charge in [0.25, 0.3) is 5.91 Å². The van der Waals surface area contributed by atoms with Gasteiger partial charge in [-0.25, -0.2) is 13.1 Å². The Morgan fingerprint density at radius 3 is 2.47 bits per heavy atom. The summed E-state index contributed by atoms with van der Waals surface area (Å²) in [6, 6.07) is 13.6. The molecule has 0 bridgehead atoms. The zero-order valence-electron chi connectivity index (χ0n) is 18.6. The molecule has 178 valence electrons. The quantitative estimate of drug-likeness (QED) is 0.575. The summed E-state index contributed by atoms with van der Waals surface area (Å²) in [6.45, 7) is 3.30. The van der Waals surface area contributed by atoms with Crippen LogP contribution in [-0.2, 0) is 37.1 Å². The molecule has 11 heteroatoms. The van der Waals surface area contributed by atoms with E-state index in [1.807, 2.05) is 31.2 Å². The Labute approximate surface area is 200 Å². The number of rotatable bonds is 5. The lowest BCUT2D eigenvalue weighted by Crippen LogP contribution is -2.40. The van der Waals surface area contributed by atoms with Gasteiger partial charge in [-0.3, -0.25) is 9.00 Å². The van der Waals surface area contributed by atoms with Crippen molar-refractivity contribution >= 4 is 32.5 Å². The number of morpholine rings is 1. The fourth-order valence-corrected chi connectivity index (χ4v) is 6.80. The lowest BCUT2D eigenvalue weighted by molar-refractivity contribution is 0.0730. The van der Waals surface area contributed by atoms with Crippen LogP contribution in [0.15, 0.2) is 53.4 Å². The third kappa shape index (κ3) is 4.20. The van der Waals surface area contributed by atoms with E-state index in [1.165, 1.54) is 28.6 Å². The molecule has 2 aliphatic heterocycles. The third-order valence-corrected chi connectivity index (χ3v) is 9.09. The summed E-state index contributed by atoms with van der Waals surface area (Å²) in [5, 5.41) is 7.56. The standard InChI is InChI=1S/C23H24N4O5S2/c1-16-4-2-3-5-21(16)27-22(19-14-33(29)15-20(19)25-27)24-23(28)17-6-8-18(9-7-17)34(30,31)26-10-12-32-13-11-26/h2-9H,10-15H2,1H3,(H,24,28). The monoisotopic (exact) mass is 500 g/mol. The van der Waals surface area contributed by atoms with Crippen molar-refractivity contribution in [2.45, 2.75) is 23.3 Å². The van der Waals surface area contributed by atoms with E-state index in [2.05, 4.69) is 10.4 Å². The first-order chi connectivity index (χ1) is 16.3. The number of sulfonamides is 1. The van der Waals surface area contributed by atoms with Crippen LogP contribution in [0.25, 0.3) is 5.69 Å². The number of carbonyl (C=O) groups excluding carboxylic acids is 1. The smallest absolute Gasteiger partial charge is 0.256 e. The predicted molar refractivity (Wildman–Crippen MR) is 128 cm³/mol. The summed E-state index contributed by atoms with van der Waals surface area (Å²) in [6.07, 6.45) is 0. The van der Waals surface area contributed by atoms with E-state index in [9.17, 15) is 17.4 Å². The first-order valence-corrected chi connectivity index (χ1v) is 13.8. The second-order valence-electron chi connectivity index (χ2n) is 8.20. The normalized spacial score (nSPS) is 18.6. The molecular formula is C23H24N4O5S2. The van der Waals surface area contributed by atoms with Crippen molar-refractivity contribution in [3.05, 3.63) is 70.9 Å². The Morgan fingerprint density at radius 2 is 1.76 bits per heavy atom. The first kappa shape index (κ1) is 22.9. The molecular weight excluding hydrogens is 476 g/mol. The average Bonchev–Trinajstić information content (AvgIpc) is 3.36. The third-order valence-electron chi connectivity index (χ3n) is 5.97. The number of aryl methyl sites for hydroxylation is 1. The van der Waals surface area contributed by atoms with Gasteiger partial charge in [0.15, 0.2) is 0 Å². The van der Waals surface area contributed by atoms with Gasteiger partial charge >= 0.3 is 0 Å². The fraction of sp³-hybridized carbons (Fsp3) is 0.304. The topological polar surface area (TPSA) is 111 Å². The maximum absolute atomic E-state index is 13.1. The number of hydrogen-bond acceptors (Lipinski definition) is 6. The molecule has 1 unspecified atom stereocenters. The number of carbonyl (C=O) groups is 1. The molecule has 0 spiro atoms. The van der Waals surface area contributed by atoms with Gasteiger partial charge in [0, 0.05) is 35.0 Å². The number of hydrogen-bond donors (Lipinski definition) is 1. The second-order valence-corrected chi connectivity index (χ2v) is 11.6. The van der Waals surface area contributed by atoms with Crippen LogP contribution >= 0.6 is 0 Å². The van der Waals surface area contributed by atoms with E-state index in [-0.39, 0.29) is 4.90 Å². The maximum Gasteiger partial charge on any atom is 0.256 e. The molecule has 0 saturated carbocycles. The number of benzene rings is 2. The van der Waals surface area contributed by atoms with Crippen molar-refractivity contribution in [1.29, 1.82) is 0 Å². The highest BCUT2D eigenvalue weighted by atomic mass is 32.2. The number of anilines is 1. The van der Waals surface area contributed by atoms with Crippen LogP contribution in [0.2, 0.25) is 0 Å². The highest BCUT2D eigenvalue weighted by Gasteiger charge is 2.29. The summed E-state index contributed by atoms with van der Waals surface area (Å²) in [7, 11) is -4.69. The van der Waals surface area contributed by atoms with E-state index < -0.39 is 26.7 Å². The van der Waals surface area contributed by atoms with Crippen LogP contribution in [0.3, 0.4) is 0 Å². The second kappa shape index (κ2) is 9.06. The Hall–Kier alpha value is -2.86. The zero-order valence-corrected chi connectivity index (χ0v) is 20.2. The van der Waals surface area contributed by atoms with Crippen LogP contribution in [-0.4, -0.2) is 58.9 Å². The minimum atomic E-state index is -3.64. The maximum atomic E-state index is 13.1. The Balaban J connectivity index is 1.43. The number of aromatic nitrogens is 2. The minimum Gasteiger partial charge on any atom is -0.379 e. The Bertz CT molecular complexity index is 1380. The molecule has 1 fully saturated rings. The SMILES string of the molecule is Cc1ccccc1-n1nc2c(c1NC(=O)c1ccc(S(=O)(=O)N3CCOCC3)cc1)CS(=O)C2. The molecule has 0 radical (unpaired) electrons.